The molecule has 2 aliphatic carbocycles. The van der Waals surface area contributed by atoms with Crippen LogP contribution in [0.5, 0.6) is 0 Å². The van der Waals surface area contributed by atoms with Crippen LogP contribution in [0.2, 0.25) is 0 Å². The lowest BCUT2D eigenvalue weighted by Gasteiger charge is -2.22. The molecule has 4 heterocycles. The van der Waals surface area contributed by atoms with E-state index in [0.29, 0.717) is 6.04 Å². The number of nitrogens with zero attached hydrogens (tertiary/aromatic N) is 5. The first kappa shape index (κ1) is 21.1. The highest BCUT2D eigenvalue weighted by Gasteiger charge is 2.56. The predicted molar refractivity (Wildman–Crippen MR) is 139 cm³/mol. The van der Waals surface area contributed by atoms with E-state index in [9.17, 15) is 0 Å². The number of nitrogens with one attached hydrogen (secondary N) is 1. The van der Waals surface area contributed by atoms with Gasteiger partial charge in [-0.2, -0.15) is 4.57 Å². The fourth-order valence-electron chi connectivity index (χ4n) is 5.85. The van der Waals surface area contributed by atoms with Crippen molar-refractivity contribution in [1.82, 2.24) is 15.0 Å². The molecule has 35 heavy (non-hydrogen) atoms. The van der Waals surface area contributed by atoms with E-state index in [1.807, 2.05) is 38.6 Å². The second kappa shape index (κ2) is 7.63. The highest BCUT2D eigenvalue weighted by molar-refractivity contribution is 7.99. The summed E-state index contributed by atoms with van der Waals surface area (Å²) in [5.74, 6) is 1.06. The third kappa shape index (κ3) is 3.31. The molecule has 0 radical (unpaired) electrons. The predicted octanol–water partition coefficient (Wildman–Crippen LogP) is 3.54. The molecule has 3 aromatic heterocycles. The molecule has 7 nitrogen and oxygen atoms in total. The second-order valence-corrected chi connectivity index (χ2v) is 11.1. The lowest BCUT2D eigenvalue weighted by Crippen LogP contribution is -2.28. The quantitative estimate of drug-likeness (QED) is 0.299. The van der Waals surface area contributed by atoms with E-state index in [2.05, 4.69) is 44.0 Å². The minimum atomic E-state index is 0.274. The number of hydrogen-bond acceptors (Lipinski definition) is 7. The molecule has 1 aromatic carbocycles. The first-order valence-electron chi connectivity index (χ1n) is 12.2. The lowest BCUT2D eigenvalue weighted by molar-refractivity contribution is -0.645. The molecule has 1 aliphatic heterocycles. The van der Waals surface area contributed by atoms with Crippen LogP contribution in [0.3, 0.4) is 0 Å². The van der Waals surface area contributed by atoms with Crippen LogP contribution in [-0.4, -0.2) is 41.1 Å². The zero-order valence-corrected chi connectivity index (χ0v) is 20.8. The number of rotatable bonds is 4. The maximum Gasteiger partial charge on any atom is 0.232 e. The van der Waals surface area contributed by atoms with Crippen LogP contribution in [0, 0.1) is 5.41 Å². The summed E-state index contributed by atoms with van der Waals surface area (Å²) in [7, 11) is 4.03. The van der Waals surface area contributed by atoms with E-state index < -0.39 is 0 Å². The van der Waals surface area contributed by atoms with Gasteiger partial charge in [-0.25, -0.2) is 15.0 Å². The maximum atomic E-state index is 6.34. The van der Waals surface area contributed by atoms with Gasteiger partial charge in [0.25, 0.3) is 0 Å². The molecular formula is C27H28N7S+. The van der Waals surface area contributed by atoms with Gasteiger partial charge in [-0.15, -0.1) is 0 Å². The maximum absolute atomic E-state index is 6.34. The SMILES string of the molecule is CNc1cccc2c1Cc1nc(Sc3cnc4ccc[n+](C)c4c3)nc(N3CCC4(CC4N)C3)c1-2. The Labute approximate surface area is 208 Å². The molecular weight excluding hydrogens is 454 g/mol. The van der Waals surface area contributed by atoms with Crippen LogP contribution in [-0.2, 0) is 13.5 Å². The van der Waals surface area contributed by atoms with Gasteiger partial charge in [0.2, 0.25) is 5.52 Å². The zero-order chi connectivity index (χ0) is 23.7. The smallest absolute Gasteiger partial charge is 0.232 e. The fourth-order valence-corrected chi connectivity index (χ4v) is 6.62. The summed E-state index contributed by atoms with van der Waals surface area (Å²) in [5, 5.41) is 4.14. The van der Waals surface area contributed by atoms with E-state index >= 15 is 0 Å². The van der Waals surface area contributed by atoms with Crippen LogP contribution in [0.25, 0.3) is 22.2 Å². The molecule has 4 aromatic rings. The van der Waals surface area contributed by atoms with Crippen LogP contribution in [0.15, 0.2) is 58.8 Å². The minimum absolute atomic E-state index is 0.274. The largest absolute Gasteiger partial charge is 0.388 e. The van der Waals surface area contributed by atoms with Crippen molar-refractivity contribution < 1.29 is 4.57 Å². The van der Waals surface area contributed by atoms with E-state index in [4.69, 9.17) is 15.7 Å². The standard InChI is InChI=1S/C27H28N7S/c1-29-19-6-3-5-17-18(19)12-21-24(17)25(34-10-8-27(15-34)13-23(27)28)32-26(31-21)35-16-11-22-20(30-14-16)7-4-9-33(22)2/h3-7,9,11,14,23,29H,8,10,12-13,15,28H2,1-2H3/q+1. The number of pyridine rings is 2. The Morgan fingerprint density at radius 1 is 1.23 bits per heavy atom. The monoisotopic (exact) mass is 482 g/mol. The summed E-state index contributed by atoms with van der Waals surface area (Å²) in [5.41, 5.74) is 14.7. The van der Waals surface area contributed by atoms with Gasteiger partial charge in [-0.05, 0) is 47.9 Å². The highest BCUT2D eigenvalue weighted by atomic mass is 32.2. The van der Waals surface area contributed by atoms with Crippen molar-refractivity contribution in [2.75, 3.05) is 30.4 Å². The number of aromatic nitrogens is 4. The third-order valence-electron chi connectivity index (χ3n) is 7.97. The average molecular weight is 483 g/mol. The Hall–Kier alpha value is -3.23. The van der Waals surface area contributed by atoms with Crippen LogP contribution >= 0.6 is 11.8 Å². The summed E-state index contributed by atoms with van der Waals surface area (Å²) in [6.07, 6.45) is 7.05. The second-order valence-electron chi connectivity index (χ2n) is 10.1. The van der Waals surface area contributed by atoms with E-state index in [-0.39, 0.29) is 5.41 Å². The summed E-state index contributed by atoms with van der Waals surface area (Å²) in [6.45, 7) is 1.98. The molecule has 2 atom stereocenters. The minimum Gasteiger partial charge on any atom is -0.388 e. The Kier molecular flexibility index (Phi) is 4.60. The van der Waals surface area contributed by atoms with Crippen molar-refractivity contribution in [3.05, 3.63) is 60.0 Å². The topological polar surface area (TPSA) is 83.8 Å². The molecule has 0 amide bonds. The van der Waals surface area contributed by atoms with Gasteiger partial charge in [-0.1, -0.05) is 12.1 Å². The fraction of sp³-hybridized carbons (Fsp3) is 0.333. The lowest BCUT2D eigenvalue weighted by atomic mass is 10.0. The molecule has 1 saturated heterocycles. The molecule has 2 unspecified atom stereocenters. The highest BCUT2D eigenvalue weighted by Crippen LogP contribution is 2.54. The van der Waals surface area contributed by atoms with Crippen molar-refractivity contribution in [3.63, 3.8) is 0 Å². The van der Waals surface area contributed by atoms with Crippen molar-refractivity contribution >= 4 is 34.3 Å². The molecule has 3 N–H and O–H groups in total. The van der Waals surface area contributed by atoms with Crippen molar-refractivity contribution in [1.29, 1.82) is 0 Å². The normalized spacial score (nSPS) is 22.0. The Morgan fingerprint density at radius 2 is 2.11 bits per heavy atom. The van der Waals surface area contributed by atoms with Crippen molar-refractivity contribution in [2.24, 2.45) is 18.2 Å². The van der Waals surface area contributed by atoms with Gasteiger partial charge >= 0.3 is 0 Å². The molecule has 2 fully saturated rings. The molecule has 0 bridgehead atoms. The number of hydrogen-bond donors (Lipinski definition) is 2. The number of nitrogens with two attached hydrogens (primary N) is 1. The number of benzene rings is 1. The van der Waals surface area contributed by atoms with E-state index in [0.717, 1.165) is 70.6 Å². The zero-order valence-electron chi connectivity index (χ0n) is 20.0. The van der Waals surface area contributed by atoms with Crippen molar-refractivity contribution in [2.45, 2.75) is 35.4 Å². The van der Waals surface area contributed by atoms with Gasteiger partial charge < -0.3 is 16.0 Å². The van der Waals surface area contributed by atoms with Crippen LogP contribution in [0.4, 0.5) is 11.5 Å². The molecule has 1 spiro atoms. The average Bonchev–Trinajstić information content (AvgIpc) is 3.18. The van der Waals surface area contributed by atoms with E-state index in [1.165, 1.54) is 16.7 Å². The van der Waals surface area contributed by atoms with Crippen molar-refractivity contribution in [3.8, 4) is 11.1 Å². The Balaban J connectivity index is 1.32. The van der Waals surface area contributed by atoms with Gasteiger partial charge in [0.05, 0.1) is 5.69 Å². The molecule has 3 aliphatic rings. The first-order valence-corrected chi connectivity index (χ1v) is 13.0. The third-order valence-corrected chi connectivity index (χ3v) is 8.79. The summed E-state index contributed by atoms with van der Waals surface area (Å²) in [6, 6.07) is 13.0. The van der Waals surface area contributed by atoms with Gasteiger partial charge in [0, 0.05) is 72.5 Å². The van der Waals surface area contributed by atoms with E-state index in [1.54, 1.807) is 11.8 Å². The number of anilines is 2. The van der Waals surface area contributed by atoms with Gasteiger partial charge in [0.1, 0.15) is 18.4 Å². The van der Waals surface area contributed by atoms with Gasteiger partial charge in [-0.3, -0.25) is 0 Å². The molecule has 1 saturated carbocycles. The Morgan fingerprint density at radius 3 is 2.91 bits per heavy atom. The number of aryl methyl sites for hydroxylation is 1. The van der Waals surface area contributed by atoms with Crippen LogP contribution in [0.1, 0.15) is 24.1 Å². The first-order chi connectivity index (χ1) is 17.0. The summed E-state index contributed by atoms with van der Waals surface area (Å²) in [4.78, 5) is 18.4. The summed E-state index contributed by atoms with van der Waals surface area (Å²) < 4.78 is 2.10. The van der Waals surface area contributed by atoms with Gasteiger partial charge in [0.15, 0.2) is 11.4 Å². The summed E-state index contributed by atoms with van der Waals surface area (Å²) >= 11 is 1.59. The number of fused-ring (bicyclic) bond motifs is 4. The molecule has 7 rings (SSSR count). The Bertz CT molecular complexity index is 1500. The molecule has 176 valence electrons. The van der Waals surface area contributed by atoms with Crippen LogP contribution < -0.4 is 20.5 Å². The molecule has 8 heteroatoms.